The number of nitrogens with zero attached hydrogens (tertiary/aromatic N) is 4. The van der Waals surface area contributed by atoms with Gasteiger partial charge in [0.05, 0.1) is 5.92 Å². The molecule has 1 aliphatic heterocycles. The molecule has 0 bridgehead atoms. The molecule has 182 valence electrons. The molecule has 10 heteroatoms. The summed E-state index contributed by atoms with van der Waals surface area (Å²) in [5, 5.41) is 17.9. The Balaban J connectivity index is 1.20. The Morgan fingerprint density at radius 3 is 2.74 bits per heavy atom. The van der Waals surface area contributed by atoms with Crippen LogP contribution in [0.25, 0.3) is 11.4 Å². The first kappa shape index (κ1) is 24.2. The van der Waals surface area contributed by atoms with Crippen molar-refractivity contribution in [2.75, 3.05) is 13.1 Å². The molecule has 1 aromatic carbocycles. The third-order valence-electron chi connectivity index (χ3n) is 5.68. The van der Waals surface area contributed by atoms with Gasteiger partial charge in [0.2, 0.25) is 17.6 Å². The van der Waals surface area contributed by atoms with Crippen molar-refractivity contribution >= 4 is 11.8 Å². The molecule has 2 aliphatic rings. The first-order valence-corrected chi connectivity index (χ1v) is 11.4. The van der Waals surface area contributed by atoms with Gasteiger partial charge in [0.15, 0.2) is 5.82 Å². The third-order valence-corrected chi connectivity index (χ3v) is 5.68. The second-order valence-corrected chi connectivity index (χ2v) is 9.23. The van der Waals surface area contributed by atoms with Gasteiger partial charge in [0.25, 0.3) is 5.91 Å². The minimum atomic E-state index is -0.395. The molecule has 2 N–H and O–H groups in total. The Morgan fingerprint density at radius 2 is 1.94 bits per heavy atom. The maximum atomic E-state index is 13.1. The van der Waals surface area contributed by atoms with Crippen LogP contribution < -0.4 is 10.6 Å². The quantitative estimate of drug-likeness (QED) is 0.535. The molecule has 0 saturated heterocycles. The monoisotopic (exact) mass is 478 g/mol. The number of hydrogen-bond acceptors (Lipinski definition) is 7. The lowest BCUT2D eigenvalue weighted by Gasteiger charge is -2.27. The number of carbonyl (C=O) groups is 2. The van der Waals surface area contributed by atoms with Gasteiger partial charge < -0.3 is 15.2 Å². The minimum absolute atomic E-state index is 0.0678. The summed E-state index contributed by atoms with van der Waals surface area (Å²) < 4.78 is 18.3. The van der Waals surface area contributed by atoms with Crippen LogP contribution in [0.15, 0.2) is 74.7 Å². The van der Waals surface area contributed by atoms with Crippen LogP contribution in [0.3, 0.4) is 0 Å². The average molecular weight is 479 g/mol. The van der Waals surface area contributed by atoms with Gasteiger partial charge in [-0.15, -0.1) is 10.2 Å². The van der Waals surface area contributed by atoms with Gasteiger partial charge in [-0.2, -0.15) is 4.98 Å². The van der Waals surface area contributed by atoms with Crippen molar-refractivity contribution in [3.8, 4) is 11.4 Å². The van der Waals surface area contributed by atoms with Gasteiger partial charge in [0.1, 0.15) is 5.82 Å². The van der Waals surface area contributed by atoms with E-state index in [4.69, 9.17) is 4.52 Å². The number of azo groups is 1. The summed E-state index contributed by atoms with van der Waals surface area (Å²) in [6.45, 7) is 5.06. The molecule has 1 aromatic heterocycles. The van der Waals surface area contributed by atoms with Crippen LogP contribution in [0.2, 0.25) is 0 Å². The third kappa shape index (κ3) is 6.34. The number of allylic oxidation sites excluding steroid dienone is 3. The Morgan fingerprint density at radius 1 is 1.14 bits per heavy atom. The average Bonchev–Trinajstić information content (AvgIpc) is 3.32. The van der Waals surface area contributed by atoms with Gasteiger partial charge in [0, 0.05) is 37.1 Å². The van der Waals surface area contributed by atoms with Crippen LogP contribution in [0, 0.1) is 17.2 Å². The Kier molecular flexibility index (Phi) is 7.28. The smallest absolute Gasteiger partial charge is 0.276 e. The highest BCUT2D eigenvalue weighted by atomic mass is 19.1. The van der Waals surface area contributed by atoms with Crippen molar-refractivity contribution in [1.82, 2.24) is 20.8 Å². The van der Waals surface area contributed by atoms with E-state index in [9.17, 15) is 14.0 Å². The lowest BCUT2D eigenvalue weighted by atomic mass is 9.91. The van der Waals surface area contributed by atoms with Gasteiger partial charge in [-0.1, -0.05) is 43.3 Å². The lowest BCUT2D eigenvalue weighted by molar-refractivity contribution is -0.122. The normalized spacial score (nSPS) is 17.0. The fourth-order valence-corrected chi connectivity index (χ4v) is 3.62. The SMILES string of the molecule is CC(C)(CNC(=O)CCCc1nc(-c2ccc(F)cc2)no1)CNC1=C2C=CC=CC2C(=O)N=N1. The molecule has 1 atom stereocenters. The fourth-order valence-electron chi connectivity index (χ4n) is 3.62. The summed E-state index contributed by atoms with van der Waals surface area (Å²) >= 11 is 0. The number of benzene rings is 1. The molecule has 0 fully saturated rings. The predicted octanol–water partition coefficient (Wildman–Crippen LogP) is 3.88. The van der Waals surface area contributed by atoms with E-state index in [-0.39, 0.29) is 23.0 Å². The number of aromatic nitrogens is 2. The van der Waals surface area contributed by atoms with E-state index < -0.39 is 5.92 Å². The molecule has 2 amide bonds. The number of amides is 2. The van der Waals surface area contributed by atoms with E-state index >= 15 is 0 Å². The fraction of sp³-hybridized carbons (Fsp3) is 0.360. The van der Waals surface area contributed by atoms with Gasteiger partial charge in [-0.25, -0.2) is 4.39 Å². The van der Waals surface area contributed by atoms with Crippen molar-refractivity contribution in [2.45, 2.75) is 33.1 Å². The van der Waals surface area contributed by atoms with E-state index in [1.807, 2.05) is 32.1 Å². The van der Waals surface area contributed by atoms with Crippen LogP contribution in [-0.4, -0.2) is 35.0 Å². The Labute approximate surface area is 202 Å². The zero-order chi connectivity index (χ0) is 24.8. The van der Waals surface area contributed by atoms with E-state index in [0.717, 1.165) is 5.57 Å². The summed E-state index contributed by atoms with van der Waals surface area (Å²) in [4.78, 5) is 28.6. The minimum Gasteiger partial charge on any atom is -0.368 e. The number of rotatable bonds is 10. The van der Waals surface area contributed by atoms with Crippen LogP contribution in [0.4, 0.5) is 4.39 Å². The van der Waals surface area contributed by atoms with E-state index in [1.54, 1.807) is 18.2 Å². The zero-order valence-corrected chi connectivity index (χ0v) is 19.6. The number of carbonyl (C=O) groups excluding carboxylic acids is 2. The molecular weight excluding hydrogens is 451 g/mol. The molecule has 2 aromatic rings. The molecule has 35 heavy (non-hydrogen) atoms. The topological polar surface area (TPSA) is 122 Å². The van der Waals surface area contributed by atoms with Crippen molar-refractivity contribution in [2.24, 2.45) is 21.6 Å². The van der Waals surface area contributed by atoms with Crippen molar-refractivity contribution in [3.63, 3.8) is 0 Å². The highest BCUT2D eigenvalue weighted by molar-refractivity contribution is 5.86. The largest absolute Gasteiger partial charge is 0.368 e. The second-order valence-electron chi connectivity index (χ2n) is 9.23. The van der Waals surface area contributed by atoms with E-state index in [1.165, 1.54) is 12.1 Å². The zero-order valence-electron chi connectivity index (χ0n) is 19.6. The summed E-state index contributed by atoms with van der Waals surface area (Å²) in [5.41, 5.74) is 1.20. The van der Waals surface area contributed by atoms with Crippen molar-refractivity contribution in [3.05, 3.63) is 71.7 Å². The van der Waals surface area contributed by atoms with Gasteiger partial charge in [-0.05, 0) is 36.1 Å². The summed E-state index contributed by atoms with van der Waals surface area (Å²) in [6, 6.07) is 5.85. The summed E-state index contributed by atoms with van der Waals surface area (Å²) in [6.07, 6.45) is 8.71. The van der Waals surface area contributed by atoms with E-state index in [0.29, 0.717) is 55.5 Å². The standard InChI is InChI=1S/C25H27FN6O3/c1-25(2,15-28-23-18-6-3-4-7-19(18)24(34)31-30-23)14-27-20(33)8-5-9-21-29-22(32-35-21)16-10-12-17(26)13-11-16/h3-4,6-7,10-13,19,28H,5,8-9,14-15H2,1-2H3,(H,27,33). The first-order chi connectivity index (χ1) is 16.8. The highest BCUT2D eigenvalue weighted by Crippen LogP contribution is 2.28. The lowest BCUT2D eigenvalue weighted by Crippen LogP contribution is -2.40. The maximum Gasteiger partial charge on any atom is 0.276 e. The maximum absolute atomic E-state index is 13.1. The van der Waals surface area contributed by atoms with E-state index in [2.05, 4.69) is 31.0 Å². The molecular formula is C25H27FN6O3. The Bertz CT molecular complexity index is 1210. The number of nitrogens with one attached hydrogen (secondary N) is 2. The summed E-state index contributed by atoms with van der Waals surface area (Å²) in [5.74, 6) is 0.335. The molecule has 0 spiro atoms. The Hall–Kier alpha value is -3.95. The number of aryl methyl sites for hydroxylation is 1. The molecule has 0 radical (unpaired) electrons. The van der Waals surface area contributed by atoms with Gasteiger partial charge >= 0.3 is 0 Å². The number of halogens is 1. The molecule has 1 aliphatic carbocycles. The number of fused-ring (bicyclic) bond motifs is 1. The van der Waals surface area contributed by atoms with Crippen LogP contribution in [0.5, 0.6) is 0 Å². The van der Waals surface area contributed by atoms with Gasteiger partial charge in [-0.3, -0.25) is 9.59 Å². The highest BCUT2D eigenvalue weighted by Gasteiger charge is 2.28. The predicted molar refractivity (Wildman–Crippen MR) is 126 cm³/mol. The molecule has 1 unspecified atom stereocenters. The summed E-state index contributed by atoms with van der Waals surface area (Å²) in [7, 11) is 0. The molecule has 9 nitrogen and oxygen atoms in total. The molecule has 4 rings (SSSR count). The second kappa shape index (κ2) is 10.5. The molecule has 0 saturated carbocycles. The van der Waals surface area contributed by atoms with Crippen molar-refractivity contribution in [1.29, 1.82) is 0 Å². The van der Waals surface area contributed by atoms with Crippen LogP contribution >= 0.6 is 0 Å². The van der Waals surface area contributed by atoms with Crippen molar-refractivity contribution < 1.29 is 18.5 Å². The molecule has 2 heterocycles. The van der Waals surface area contributed by atoms with Crippen LogP contribution in [-0.2, 0) is 16.0 Å². The first-order valence-electron chi connectivity index (χ1n) is 11.4. The van der Waals surface area contributed by atoms with Crippen LogP contribution in [0.1, 0.15) is 32.6 Å². The number of hydrogen-bond donors (Lipinski definition) is 2.